The van der Waals surface area contributed by atoms with Gasteiger partial charge in [-0.3, -0.25) is 0 Å². The van der Waals surface area contributed by atoms with Gasteiger partial charge < -0.3 is 20.8 Å². The Hall–Kier alpha value is -1.30. The van der Waals surface area contributed by atoms with E-state index in [4.69, 9.17) is 10.2 Å². The molecule has 1 aliphatic carbocycles. The molecule has 0 spiro atoms. The van der Waals surface area contributed by atoms with E-state index in [1.54, 1.807) is 0 Å². The Kier molecular flexibility index (Phi) is 3.52. The number of rotatable bonds is 4. The number of carbonyl (C=O) groups excluding carboxylic acids is 1. The van der Waals surface area contributed by atoms with Gasteiger partial charge in [-0.25, -0.2) is 9.59 Å². The summed E-state index contributed by atoms with van der Waals surface area (Å²) in [4.78, 5) is 21.8. The van der Waals surface area contributed by atoms with Crippen LogP contribution in [0.5, 0.6) is 0 Å². The molecule has 0 aliphatic heterocycles. The van der Waals surface area contributed by atoms with Gasteiger partial charge in [-0.15, -0.1) is 0 Å². The lowest BCUT2D eigenvalue weighted by atomic mass is 9.79. The summed E-state index contributed by atoms with van der Waals surface area (Å²) in [7, 11) is 0. The Labute approximate surface area is 87.7 Å². The van der Waals surface area contributed by atoms with E-state index < -0.39 is 24.6 Å². The third-order valence-corrected chi connectivity index (χ3v) is 2.66. The average molecular weight is 216 g/mol. The SMILES string of the molecule is CC1(NC(=O)N[C@H](CO)C(=O)O)CCC1. The summed E-state index contributed by atoms with van der Waals surface area (Å²) in [6.45, 7) is 1.30. The van der Waals surface area contributed by atoms with E-state index in [2.05, 4.69) is 10.6 Å². The van der Waals surface area contributed by atoms with Crippen LogP contribution in [0.15, 0.2) is 0 Å². The highest BCUT2D eigenvalue weighted by molar-refractivity contribution is 5.83. The Balaban J connectivity index is 2.37. The van der Waals surface area contributed by atoms with E-state index in [1.165, 1.54) is 0 Å². The van der Waals surface area contributed by atoms with Crippen LogP contribution in [-0.2, 0) is 4.79 Å². The van der Waals surface area contributed by atoms with Crippen molar-refractivity contribution in [3.05, 3.63) is 0 Å². The van der Waals surface area contributed by atoms with Crippen LogP contribution in [-0.4, -0.2) is 40.4 Å². The maximum atomic E-state index is 11.3. The maximum absolute atomic E-state index is 11.3. The Morgan fingerprint density at radius 1 is 1.47 bits per heavy atom. The lowest BCUT2D eigenvalue weighted by Crippen LogP contribution is -2.57. The van der Waals surface area contributed by atoms with Crippen molar-refractivity contribution < 1.29 is 19.8 Å². The molecule has 1 fully saturated rings. The second-order valence-electron chi connectivity index (χ2n) is 4.09. The summed E-state index contributed by atoms with van der Waals surface area (Å²) in [5, 5.41) is 22.2. The number of aliphatic carboxylic acids is 1. The first-order chi connectivity index (χ1) is 6.97. The summed E-state index contributed by atoms with van der Waals surface area (Å²) >= 11 is 0. The summed E-state index contributed by atoms with van der Waals surface area (Å²) in [5.74, 6) is -1.24. The predicted octanol–water partition coefficient (Wildman–Crippen LogP) is -0.326. The number of hydrogen-bond donors (Lipinski definition) is 4. The molecule has 0 bridgehead atoms. The fraction of sp³-hybridized carbons (Fsp3) is 0.778. The van der Waals surface area contributed by atoms with Crippen LogP contribution < -0.4 is 10.6 Å². The maximum Gasteiger partial charge on any atom is 0.328 e. The van der Waals surface area contributed by atoms with Gasteiger partial charge in [-0.1, -0.05) is 0 Å². The third-order valence-electron chi connectivity index (χ3n) is 2.66. The van der Waals surface area contributed by atoms with Crippen LogP contribution in [0.25, 0.3) is 0 Å². The monoisotopic (exact) mass is 216 g/mol. The average Bonchev–Trinajstić information content (AvgIpc) is 2.11. The first-order valence-corrected chi connectivity index (χ1v) is 4.89. The molecule has 0 radical (unpaired) electrons. The molecule has 1 rings (SSSR count). The lowest BCUT2D eigenvalue weighted by molar-refractivity contribution is -0.140. The molecule has 4 N–H and O–H groups in total. The van der Waals surface area contributed by atoms with Gasteiger partial charge in [0.15, 0.2) is 6.04 Å². The molecule has 1 aliphatic rings. The quantitative estimate of drug-likeness (QED) is 0.517. The number of amides is 2. The number of carboxylic acid groups (broad SMARTS) is 1. The van der Waals surface area contributed by atoms with Crippen molar-refractivity contribution in [2.75, 3.05) is 6.61 Å². The van der Waals surface area contributed by atoms with E-state index in [0.29, 0.717) is 0 Å². The number of hydrogen-bond acceptors (Lipinski definition) is 3. The first kappa shape index (κ1) is 11.8. The van der Waals surface area contributed by atoms with Crippen molar-refractivity contribution in [2.24, 2.45) is 0 Å². The standard InChI is InChI=1S/C9H16N2O4/c1-9(3-2-4-9)11-8(15)10-6(5-12)7(13)14/h6,12H,2-5H2,1H3,(H,13,14)(H2,10,11,15)/t6-/m1/s1. The van der Waals surface area contributed by atoms with Crippen LogP contribution in [0, 0.1) is 0 Å². The number of carbonyl (C=O) groups is 2. The Morgan fingerprint density at radius 2 is 2.07 bits per heavy atom. The molecule has 86 valence electrons. The minimum atomic E-state index is -1.24. The molecule has 0 aromatic heterocycles. The second kappa shape index (κ2) is 4.48. The molecule has 0 aromatic carbocycles. The van der Waals surface area contributed by atoms with Crippen molar-refractivity contribution in [1.82, 2.24) is 10.6 Å². The van der Waals surface area contributed by atoms with E-state index in [1.807, 2.05) is 6.92 Å². The van der Waals surface area contributed by atoms with Gasteiger partial charge >= 0.3 is 12.0 Å². The molecule has 1 saturated carbocycles. The van der Waals surface area contributed by atoms with Gasteiger partial charge in [-0.05, 0) is 26.2 Å². The topological polar surface area (TPSA) is 98.7 Å². The molecule has 0 unspecified atom stereocenters. The van der Waals surface area contributed by atoms with E-state index in [9.17, 15) is 9.59 Å². The smallest absolute Gasteiger partial charge is 0.328 e. The molecule has 6 heteroatoms. The largest absolute Gasteiger partial charge is 0.480 e. The summed E-state index contributed by atoms with van der Waals surface area (Å²) in [5.41, 5.74) is -0.220. The fourth-order valence-corrected chi connectivity index (χ4v) is 1.49. The second-order valence-corrected chi connectivity index (χ2v) is 4.09. The van der Waals surface area contributed by atoms with Gasteiger partial charge in [0.05, 0.1) is 6.61 Å². The molecule has 0 saturated heterocycles. The Bertz CT molecular complexity index is 263. The molecule has 6 nitrogen and oxygen atoms in total. The van der Waals surface area contributed by atoms with Crippen molar-refractivity contribution in [3.8, 4) is 0 Å². The lowest BCUT2D eigenvalue weighted by Gasteiger charge is -2.39. The van der Waals surface area contributed by atoms with Gasteiger partial charge in [0, 0.05) is 5.54 Å². The summed E-state index contributed by atoms with van der Waals surface area (Å²) < 4.78 is 0. The zero-order valence-corrected chi connectivity index (χ0v) is 8.62. The van der Waals surface area contributed by atoms with E-state index in [0.717, 1.165) is 19.3 Å². The van der Waals surface area contributed by atoms with Crippen molar-refractivity contribution in [3.63, 3.8) is 0 Å². The number of urea groups is 1. The highest BCUT2D eigenvalue weighted by Gasteiger charge is 2.33. The summed E-state index contributed by atoms with van der Waals surface area (Å²) in [6.07, 6.45) is 2.87. The zero-order chi connectivity index (χ0) is 11.5. The number of aliphatic hydroxyl groups excluding tert-OH is 1. The minimum absolute atomic E-state index is 0.220. The van der Waals surface area contributed by atoms with Gasteiger partial charge in [-0.2, -0.15) is 0 Å². The van der Waals surface area contributed by atoms with Crippen molar-refractivity contribution >= 4 is 12.0 Å². The molecule has 0 heterocycles. The molecule has 2 amide bonds. The predicted molar refractivity (Wildman–Crippen MR) is 52.4 cm³/mol. The van der Waals surface area contributed by atoms with Crippen molar-refractivity contribution in [1.29, 1.82) is 0 Å². The molecule has 0 aromatic rings. The van der Waals surface area contributed by atoms with Gasteiger partial charge in [0.1, 0.15) is 0 Å². The molecule has 15 heavy (non-hydrogen) atoms. The molecular formula is C9H16N2O4. The van der Waals surface area contributed by atoms with Crippen LogP contribution in [0.1, 0.15) is 26.2 Å². The minimum Gasteiger partial charge on any atom is -0.480 e. The highest BCUT2D eigenvalue weighted by Crippen LogP contribution is 2.30. The fourth-order valence-electron chi connectivity index (χ4n) is 1.49. The molecular weight excluding hydrogens is 200 g/mol. The van der Waals surface area contributed by atoms with E-state index >= 15 is 0 Å². The zero-order valence-electron chi connectivity index (χ0n) is 8.62. The van der Waals surface area contributed by atoms with Crippen LogP contribution in [0.2, 0.25) is 0 Å². The Morgan fingerprint density at radius 3 is 2.40 bits per heavy atom. The normalized spacial score (nSPS) is 19.9. The van der Waals surface area contributed by atoms with Gasteiger partial charge in [0.25, 0.3) is 0 Å². The third kappa shape index (κ3) is 3.09. The van der Waals surface area contributed by atoms with Crippen molar-refractivity contribution in [2.45, 2.75) is 37.8 Å². The number of nitrogens with one attached hydrogen (secondary N) is 2. The van der Waals surface area contributed by atoms with Gasteiger partial charge in [0.2, 0.25) is 0 Å². The summed E-state index contributed by atoms with van der Waals surface area (Å²) in [6, 6.07) is -1.78. The van der Waals surface area contributed by atoms with Crippen LogP contribution in [0.4, 0.5) is 4.79 Å². The van der Waals surface area contributed by atoms with Crippen LogP contribution >= 0.6 is 0 Å². The first-order valence-electron chi connectivity index (χ1n) is 4.89. The van der Waals surface area contributed by atoms with Crippen LogP contribution in [0.3, 0.4) is 0 Å². The highest BCUT2D eigenvalue weighted by atomic mass is 16.4. The molecule has 1 atom stereocenters. The number of aliphatic hydroxyl groups is 1. The van der Waals surface area contributed by atoms with E-state index in [-0.39, 0.29) is 5.54 Å². The number of carboxylic acids is 1.